The summed E-state index contributed by atoms with van der Waals surface area (Å²) < 4.78 is 38.6. The number of nitrogen functional groups attached to an aromatic ring is 1. The molecule has 0 heterocycles. The smallest absolute Gasteiger partial charge is 0.398 e. The molecule has 3 N–H and O–H groups in total. The maximum Gasteiger partial charge on any atom is 0.417 e. The van der Waals surface area contributed by atoms with Gasteiger partial charge in [-0.3, -0.25) is 0 Å². The number of nitrogens with two attached hydrogens (primary N) is 1. The Morgan fingerprint density at radius 1 is 1.10 bits per heavy atom. The number of nitrogens with one attached hydrogen (secondary N) is 1. The van der Waals surface area contributed by atoms with Crippen molar-refractivity contribution in [3.05, 3.63) is 53.1 Å². The molecule has 21 heavy (non-hydrogen) atoms. The highest BCUT2D eigenvalue weighted by atomic mass is 19.4. The van der Waals surface area contributed by atoms with Crippen molar-refractivity contribution in [3.63, 3.8) is 0 Å². The molecule has 2 aromatic carbocycles. The second kappa shape index (κ2) is 5.37. The molecule has 6 heteroatoms. The van der Waals surface area contributed by atoms with E-state index in [9.17, 15) is 13.2 Å². The molecule has 0 unspecified atom stereocenters. The van der Waals surface area contributed by atoms with Gasteiger partial charge >= 0.3 is 6.18 Å². The Kier molecular flexibility index (Phi) is 3.76. The minimum Gasteiger partial charge on any atom is -0.398 e. The Hall–Kier alpha value is -2.68. The Morgan fingerprint density at radius 3 is 2.29 bits per heavy atom. The first-order chi connectivity index (χ1) is 9.81. The van der Waals surface area contributed by atoms with Crippen LogP contribution in [0.4, 0.5) is 30.2 Å². The van der Waals surface area contributed by atoms with Crippen molar-refractivity contribution in [2.75, 3.05) is 11.1 Å². The number of nitrogens with zero attached hydrogens (tertiary/aromatic N) is 1. The average Bonchev–Trinajstić information content (AvgIpc) is 2.42. The molecular weight excluding hydrogens is 279 g/mol. The SMILES string of the molecule is Cc1ccc(Nc2ccc(C#N)c(C(F)(F)F)c2)cc1N. The van der Waals surface area contributed by atoms with E-state index in [0.29, 0.717) is 11.4 Å². The van der Waals surface area contributed by atoms with Crippen molar-refractivity contribution in [1.82, 2.24) is 0 Å². The van der Waals surface area contributed by atoms with Crippen LogP contribution in [0.5, 0.6) is 0 Å². The molecule has 108 valence electrons. The van der Waals surface area contributed by atoms with Crippen LogP contribution in [-0.2, 0) is 6.18 Å². The molecule has 0 fully saturated rings. The van der Waals surface area contributed by atoms with Crippen LogP contribution in [0.25, 0.3) is 0 Å². The second-order valence-corrected chi connectivity index (χ2v) is 4.57. The lowest BCUT2D eigenvalue weighted by molar-refractivity contribution is -0.137. The van der Waals surface area contributed by atoms with E-state index in [0.717, 1.165) is 17.7 Å². The van der Waals surface area contributed by atoms with Crippen LogP contribution in [0.15, 0.2) is 36.4 Å². The molecule has 2 rings (SSSR count). The third-order valence-electron chi connectivity index (χ3n) is 3.01. The standard InChI is InChI=1S/C15H12F3N3/c1-9-2-4-12(7-14(9)20)21-11-5-3-10(8-19)13(6-11)15(16,17)18/h2-7,21H,20H2,1H3. The molecule has 0 atom stereocenters. The number of benzene rings is 2. The van der Waals surface area contributed by atoms with Crippen molar-refractivity contribution < 1.29 is 13.2 Å². The summed E-state index contributed by atoms with van der Waals surface area (Å²) in [6.45, 7) is 1.84. The first-order valence-electron chi connectivity index (χ1n) is 6.06. The zero-order valence-electron chi connectivity index (χ0n) is 11.1. The molecule has 0 aromatic heterocycles. The van der Waals surface area contributed by atoms with E-state index in [1.54, 1.807) is 24.3 Å². The van der Waals surface area contributed by atoms with Crippen LogP contribution < -0.4 is 11.1 Å². The number of rotatable bonds is 2. The number of aryl methyl sites for hydroxylation is 1. The largest absolute Gasteiger partial charge is 0.417 e. The zero-order valence-corrected chi connectivity index (χ0v) is 11.1. The van der Waals surface area contributed by atoms with Gasteiger partial charge in [0.05, 0.1) is 17.2 Å². The van der Waals surface area contributed by atoms with Gasteiger partial charge in [-0.05, 0) is 42.8 Å². The number of hydrogen-bond acceptors (Lipinski definition) is 3. The molecule has 0 saturated carbocycles. The molecule has 0 amide bonds. The van der Waals surface area contributed by atoms with Crippen molar-refractivity contribution in [2.24, 2.45) is 0 Å². The van der Waals surface area contributed by atoms with Crippen molar-refractivity contribution >= 4 is 17.1 Å². The predicted molar refractivity (Wildman–Crippen MR) is 75.0 cm³/mol. The van der Waals surface area contributed by atoms with E-state index in [1.807, 2.05) is 6.92 Å². The van der Waals surface area contributed by atoms with Gasteiger partial charge in [-0.25, -0.2) is 0 Å². The van der Waals surface area contributed by atoms with E-state index in [2.05, 4.69) is 5.32 Å². The lowest BCUT2D eigenvalue weighted by atomic mass is 10.1. The van der Waals surface area contributed by atoms with Gasteiger partial charge in [-0.2, -0.15) is 18.4 Å². The Labute approximate surface area is 119 Å². The van der Waals surface area contributed by atoms with Crippen molar-refractivity contribution in [2.45, 2.75) is 13.1 Å². The topological polar surface area (TPSA) is 61.8 Å². The van der Waals surface area contributed by atoms with Crippen LogP contribution >= 0.6 is 0 Å². The van der Waals surface area contributed by atoms with E-state index in [4.69, 9.17) is 11.0 Å². The maximum absolute atomic E-state index is 12.9. The first-order valence-corrected chi connectivity index (χ1v) is 6.06. The molecule has 0 aliphatic heterocycles. The third-order valence-corrected chi connectivity index (χ3v) is 3.01. The molecule has 3 nitrogen and oxygen atoms in total. The number of anilines is 3. The molecule has 0 spiro atoms. The quantitative estimate of drug-likeness (QED) is 0.815. The van der Waals surface area contributed by atoms with Gasteiger partial charge in [0.25, 0.3) is 0 Å². The second-order valence-electron chi connectivity index (χ2n) is 4.57. The zero-order chi connectivity index (χ0) is 15.6. The van der Waals surface area contributed by atoms with Crippen LogP contribution in [0, 0.1) is 18.3 Å². The molecular formula is C15H12F3N3. The number of alkyl halides is 3. The van der Waals surface area contributed by atoms with E-state index < -0.39 is 17.3 Å². The van der Waals surface area contributed by atoms with Gasteiger partial charge in [0, 0.05) is 17.1 Å². The lowest BCUT2D eigenvalue weighted by Crippen LogP contribution is -2.08. The first kappa shape index (κ1) is 14.7. The van der Waals surface area contributed by atoms with Crippen LogP contribution in [0.1, 0.15) is 16.7 Å². The highest BCUT2D eigenvalue weighted by Gasteiger charge is 2.33. The number of halogens is 3. The fourth-order valence-corrected chi connectivity index (χ4v) is 1.84. The number of hydrogen-bond donors (Lipinski definition) is 2. The van der Waals surface area contributed by atoms with Gasteiger partial charge < -0.3 is 11.1 Å². The lowest BCUT2D eigenvalue weighted by Gasteiger charge is -2.13. The summed E-state index contributed by atoms with van der Waals surface area (Å²) in [5, 5.41) is 11.6. The van der Waals surface area contributed by atoms with Crippen molar-refractivity contribution in [1.29, 1.82) is 5.26 Å². The van der Waals surface area contributed by atoms with Crippen LogP contribution in [0.3, 0.4) is 0 Å². The van der Waals surface area contributed by atoms with Crippen molar-refractivity contribution in [3.8, 4) is 6.07 Å². The minimum atomic E-state index is -4.57. The minimum absolute atomic E-state index is 0.240. The van der Waals surface area contributed by atoms with Crippen LogP contribution in [0.2, 0.25) is 0 Å². The Balaban J connectivity index is 2.37. The molecule has 0 aliphatic rings. The fourth-order valence-electron chi connectivity index (χ4n) is 1.84. The summed E-state index contributed by atoms with van der Waals surface area (Å²) in [5.74, 6) is 0. The molecule has 0 bridgehead atoms. The average molecular weight is 291 g/mol. The molecule has 0 radical (unpaired) electrons. The van der Waals surface area contributed by atoms with Gasteiger partial charge in [-0.15, -0.1) is 0 Å². The summed E-state index contributed by atoms with van der Waals surface area (Å²) in [7, 11) is 0. The molecule has 0 saturated heterocycles. The summed E-state index contributed by atoms with van der Waals surface area (Å²) in [5.41, 5.74) is 6.64. The van der Waals surface area contributed by atoms with Gasteiger partial charge in [0.2, 0.25) is 0 Å². The van der Waals surface area contributed by atoms with Gasteiger partial charge in [0.1, 0.15) is 0 Å². The highest BCUT2D eigenvalue weighted by molar-refractivity contribution is 5.66. The fraction of sp³-hybridized carbons (Fsp3) is 0.133. The third kappa shape index (κ3) is 3.26. The summed E-state index contributed by atoms with van der Waals surface area (Å²) >= 11 is 0. The monoisotopic (exact) mass is 291 g/mol. The summed E-state index contributed by atoms with van der Waals surface area (Å²) in [4.78, 5) is 0. The summed E-state index contributed by atoms with van der Waals surface area (Å²) in [6.07, 6.45) is -4.57. The van der Waals surface area contributed by atoms with E-state index in [-0.39, 0.29) is 5.69 Å². The predicted octanol–water partition coefficient (Wildman–Crippen LogP) is 4.21. The Morgan fingerprint density at radius 2 is 1.71 bits per heavy atom. The number of nitriles is 1. The highest BCUT2D eigenvalue weighted by Crippen LogP contribution is 2.34. The van der Waals surface area contributed by atoms with Gasteiger partial charge in [-0.1, -0.05) is 6.07 Å². The molecule has 0 aliphatic carbocycles. The van der Waals surface area contributed by atoms with E-state index in [1.165, 1.54) is 6.07 Å². The van der Waals surface area contributed by atoms with Gasteiger partial charge in [0.15, 0.2) is 0 Å². The van der Waals surface area contributed by atoms with Crippen LogP contribution in [-0.4, -0.2) is 0 Å². The molecule has 2 aromatic rings. The summed E-state index contributed by atoms with van der Waals surface area (Å²) in [6, 6.07) is 10.1. The maximum atomic E-state index is 12.9. The Bertz CT molecular complexity index is 715. The normalized spacial score (nSPS) is 11.0. The van der Waals surface area contributed by atoms with E-state index >= 15 is 0 Å².